The molecule has 1 aromatic rings. The molecule has 124 valence electrons. The Labute approximate surface area is 135 Å². The first-order valence-electron chi connectivity index (χ1n) is 7.90. The van der Waals surface area contributed by atoms with Crippen molar-refractivity contribution in [1.29, 1.82) is 0 Å². The van der Waals surface area contributed by atoms with E-state index in [0.29, 0.717) is 25.9 Å². The monoisotopic (exact) mass is 319 g/mol. The van der Waals surface area contributed by atoms with Crippen LogP contribution in [0.4, 0.5) is 0 Å². The number of amides is 1. The number of hydrogen-bond acceptors (Lipinski definition) is 4. The molecule has 2 aliphatic rings. The summed E-state index contributed by atoms with van der Waals surface area (Å²) in [5.41, 5.74) is 1.11. The second-order valence-corrected chi connectivity index (χ2v) is 6.04. The van der Waals surface area contributed by atoms with Gasteiger partial charge in [0.25, 0.3) is 5.91 Å². The van der Waals surface area contributed by atoms with Gasteiger partial charge in [-0.15, -0.1) is 0 Å². The number of rotatable bonds is 4. The van der Waals surface area contributed by atoms with Gasteiger partial charge < -0.3 is 19.5 Å². The predicted molar refractivity (Wildman–Crippen MR) is 82.5 cm³/mol. The number of benzene rings is 1. The van der Waals surface area contributed by atoms with Crippen LogP contribution in [0, 0.1) is 0 Å². The van der Waals surface area contributed by atoms with E-state index >= 15 is 0 Å². The molecule has 0 aromatic heterocycles. The third-order valence-corrected chi connectivity index (χ3v) is 4.65. The zero-order valence-electron chi connectivity index (χ0n) is 13.1. The Morgan fingerprint density at radius 3 is 2.65 bits per heavy atom. The van der Waals surface area contributed by atoms with E-state index in [4.69, 9.17) is 14.6 Å². The SMILES string of the molecule is COc1ccccc1C1CCN(C(=O)[C@@H]2CC[C@H](C(=O)O)O2)C1. The van der Waals surface area contributed by atoms with E-state index in [-0.39, 0.29) is 11.8 Å². The van der Waals surface area contributed by atoms with Gasteiger partial charge in [-0.1, -0.05) is 18.2 Å². The number of carbonyl (C=O) groups is 2. The van der Waals surface area contributed by atoms with E-state index in [1.807, 2.05) is 24.3 Å². The number of aliphatic carboxylic acids is 1. The van der Waals surface area contributed by atoms with E-state index in [1.165, 1.54) is 0 Å². The molecule has 0 aliphatic carbocycles. The highest BCUT2D eigenvalue weighted by molar-refractivity contribution is 5.83. The molecule has 23 heavy (non-hydrogen) atoms. The molecule has 6 heteroatoms. The van der Waals surface area contributed by atoms with Crippen LogP contribution >= 0.6 is 0 Å². The normalized spacial score (nSPS) is 27.2. The van der Waals surface area contributed by atoms with E-state index in [2.05, 4.69) is 0 Å². The highest BCUT2D eigenvalue weighted by Crippen LogP contribution is 2.34. The van der Waals surface area contributed by atoms with Crippen molar-refractivity contribution in [2.75, 3.05) is 20.2 Å². The highest BCUT2D eigenvalue weighted by Gasteiger charge is 2.39. The maximum absolute atomic E-state index is 12.5. The smallest absolute Gasteiger partial charge is 0.332 e. The number of carbonyl (C=O) groups excluding carboxylic acids is 1. The van der Waals surface area contributed by atoms with Crippen molar-refractivity contribution >= 4 is 11.9 Å². The van der Waals surface area contributed by atoms with Gasteiger partial charge in [0.15, 0.2) is 6.10 Å². The second kappa shape index (κ2) is 6.58. The number of nitrogens with zero attached hydrogens (tertiary/aromatic N) is 1. The lowest BCUT2D eigenvalue weighted by Crippen LogP contribution is -2.38. The molecule has 1 aromatic carbocycles. The van der Waals surface area contributed by atoms with Crippen molar-refractivity contribution in [2.24, 2.45) is 0 Å². The van der Waals surface area contributed by atoms with Crippen LogP contribution in [0.15, 0.2) is 24.3 Å². The number of methoxy groups -OCH3 is 1. The number of para-hydroxylation sites is 1. The van der Waals surface area contributed by atoms with Crippen LogP contribution in [0.5, 0.6) is 5.75 Å². The average molecular weight is 319 g/mol. The minimum Gasteiger partial charge on any atom is -0.496 e. The van der Waals surface area contributed by atoms with Crippen LogP contribution < -0.4 is 4.74 Å². The Kier molecular flexibility index (Phi) is 4.52. The molecule has 2 heterocycles. The average Bonchev–Trinajstić information content (AvgIpc) is 3.23. The summed E-state index contributed by atoms with van der Waals surface area (Å²) in [6.45, 7) is 1.29. The number of carboxylic acids is 1. The molecule has 3 atom stereocenters. The van der Waals surface area contributed by atoms with Crippen molar-refractivity contribution in [3.8, 4) is 5.75 Å². The van der Waals surface area contributed by atoms with Crippen molar-refractivity contribution in [3.63, 3.8) is 0 Å². The lowest BCUT2D eigenvalue weighted by atomic mass is 9.97. The van der Waals surface area contributed by atoms with Crippen LogP contribution in [0.1, 0.15) is 30.7 Å². The molecule has 0 saturated carbocycles. The first-order chi connectivity index (χ1) is 11.1. The van der Waals surface area contributed by atoms with Crippen LogP contribution in [0.3, 0.4) is 0 Å². The fourth-order valence-electron chi connectivity index (χ4n) is 3.42. The van der Waals surface area contributed by atoms with Crippen molar-refractivity contribution < 1.29 is 24.2 Å². The van der Waals surface area contributed by atoms with E-state index in [1.54, 1.807) is 12.0 Å². The molecule has 1 N–H and O–H groups in total. The predicted octanol–water partition coefficient (Wildman–Crippen LogP) is 1.64. The van der Waals surface area contributed by atoms with Gasteiger partial charge in [-0.3, -0.25) is 4.79 Å². The van der Waals surface area contributed by atoms with Crippen molar-refractivity contribution in [1.82, 2.24) is 4.90 Å². The Morgan fingerprint density at radius 2 is 1.96 bits per heavy atom. The maximum atomic E-state index is 12.5. The maximum Gasteiger partial charge on any atom is 0.332 e. The van der Waals surface area contributed by atoms with Gasteiger partial charge in [-0.2, -0.15) is 0 Å². The number of hydrogen-bond donors (Lipinski definition) is 1. The quantitative estimate of drug-likeness (QED) is 0.913. The third-order valence-electron chi connectivity index (χ3n) is 4.65. The van der Waals surface area contributed by atoms with Gasteiger partial charge in [0.05, 0.1) is 7.11 Å². The molecular weight excluding hydrogens is 298 g/mol. The summed E-state index contributed by atoms with van der Waals surface area (Å²) >= 11 is 0. The summed E-state index contributed by atoms with van der Waals surface area (Å²) in [4.78, 5) is 25.2. The summed E-state index contributed by atoms with van der Waals surface area (Å²) < 4.78 is 10.8. The minimum absolute atomic E-state index is 0.0915. The van der Waals surface area contributed by atoms with Crippen LogP contribution in [0.25, 0.3) is 0 Å². The summed E-state index contributed by atoms with van der Waals surface area (Å²) in [5, 5.41) is 8.96. The Balaban J connectivity index is 1.64. The molecule has 2 fully saturated rings. The first-order valence-corrected chi connectivity index (χ1v) is 7.90. The van der Waals surface area contributed by atoms with Crippen molar-refractivity contribution in [3.05, 3.63) is 29.8 Å². The molecule has 1 amide bonds. The summed E-state index contributed by atoms with van der Waals surface area (Å²) in [7, 11) is 1.65. The number of likely N-dealkylation sites (tertiary alicyclic amines) is 1. The molecule has 6 nitrogen and oxygen atoms in total. The Hall–Kier alpha value is -2.08. The zero-order valence-corrected chi connectivity index (χ0v) is 13.1. The van der Waals surface area contributed by atoms with Gasteiger partial charge in [0.2, 0.25) is 0 Å². The molecule has 0 bridgehead atoms. The van der Waals surface area contributed by atoms with Crippen molar-refractivity contribution in [2.45, 2.75) is 37.4 Å². The molecular formula is C17H21NO5. The summed E-state index contributed by atoms with van der Waals surface area (Å²) in [6.07, 6.45) is 0.284. The largest absolute Gasteiger partial charge is 0.496 e. The second-order valence-electron chi connectivity index (χ2n) is 6.04. The van der Waals surface area contributed by atoms with Crippen LogP contribution in [-0.4, -0.2) is 54.3 Å². The Bertz CT molecular complexity index is 602. The highest BCUT2D eigenvalue weighted by atomic mass is 16.5. The van der Waals surface area contributed by atoms with Gasteiger partial charge in [0, 0.05) is 19.0 Å². The molecule has 1 unspecified atom stereocenters. The van der Waals surface area contributed by atoms with Crippen LogP contribution in [-0.2, 0) is 14.3 Å². The summed E-state index contributed by atoms with van der Waals surface area (Å²) in [5.74, 6) is 0.00130. The minimum atomic E-state index is -0.992. The lowest BCUT2D eigenvalue weighted by molar-refractivity contribution is -0.154. The summed E-state index contributed by atoms with van der Waals surface area (Å²) in [6, 6.07) is 7.86. The molecule has 2 saturated heterocycles. The standard InChI is InChI=1S/C17H21NO5/c1-22-13-5-3-2-4-12(13)11-8-9-18(10-11)16(19)14-6-7-15(23-14)17(20)21/h2-5,11,14-15H,6-10H2,1H3,(H,20,21)/t11?,14-,15+/m0/s1. The molecule has 2 aliphatic heterocycles. The molecule has 0 radical (unpaired) electrons. The fraction of sp³-hybridized carbons (Fsp3) is 0.529. The lowest BCUT2D eigenvalue weighted by Gasteiger charge is -2.21. The fourth-order valence-corrected chi connectivity index (χ4v) is 3.42. The number of ether oxygens (including phenoxy) is 2. The van der Waals surface area contributed by atoms with Crippen LogP contribution in [0.2, 0.25) is 0 Å². The molecule has 0 spiro atoms. The zero-order chi connectivity index (χ0) is 16.4. The topological polar surface area (TPSA) is 76.1 Å². The van der Waals surface area contributed by atoms with E-state index in [9.17, 15) is 9.59 Å². The van der Waals surface area contributed by atoms with E-state index < -0.39 is 18.2 Å². The first kappa shape index (κ1) is 15.8. The van der Waals surface area contributed by atoms with Gasteiger partial charge in [-0.25, -0.2) is 4.79 Å². The number of carboxylic acid groups (broad SMARTS) is 1. The molecule has 3 rings (SSSR count). The van der Waals surface area contributed by atoms with Gasteiger partial charge in [0.1, 0.15) is 11.9 Å². The van der Waals surface area contributed by atoms with Gasteiger partial charge in [-0.05, 0) is 30.9 Å². The van der Waals surface area contributed by atoms with E-state index in [0.717, 1.165) is 17.7 Å². The Morgan fingerprint density at radius 1 is 1.22 bits per heavy atom. The van der Waals surface area contributed by atoms with Gasteiger partial charge >= 0.3 is 5.97 Å². The third kappa shape index (κ3) is 3.17.